The van der Waals surface area contributed by atoms with E-state index in [0.717, 1.165) is 5.39 Å². The highest BCUT2D eigenvalue weighted by Crippen LogP contribution is 2.25. The molecule has 112 valence electrons. The molecule has 0 unspecified atom stereocenters. The highest BCUT2D eigenvalue weighted by molar-refractivity contribution is 5.80. The molecule has 0 fully saturated rings. The van der Waals surface area contributed by atoms with Crippen molar-refractivity contribution in [2.24, 2.45) is 0 Å². The summed E-state index contributed by atoms with van der Waals surface area (Å²) in [4.78, 5) is 12.1. The van der Waals surface area contributed by atoms with Gasteiger partial charge in [0.1, 0.15) is 17.0 Å². The third-order valence-corrected chi connectivity index (χ3v) is 3.40. The topological polar surface area (TPSA) is 69.1 Å². The lowest BCUT2D eigenvalue weighted by Gasteiger charge is -1.98. The summed E-state index contributed by atoms with van der Waals surface area (Å²) in [5.41, 5.74) is 0.192. The van der Waals surface area contributed by atoms with E-state index < -0.39 is 11.4 Å². The maximum Gasteiger partial charge on any atom is 0.349 e. The molecule has 0 spiro atoms. The van der Waals surface area contributed by atoms with Gasteiger partial charge in [-0.2, -0.15) is 0 Å². The predicted octanol–water partition coefficient (Wildman–Crippen LogP) is 3.65. The molecule has 4 aromatic rings. The molecule has 2 heterocycles. The van der Waals surface area contributed by atoms with E-state index in [1.165, 1.54) is 12.1 Å². The third-order valence-electron chi connectivity index (χ3n) is 3.40. The van der Waals surface area contributed by atoms with Crippen LogP contribution in [-0.2, 0) is 0 Å². The summed E-state index contributed by atoms with van der Waals surface area (Å²) in [7, 11) is 0. The molecule has 0 bridgehead atoms. The Morgan fingerprint density at radius 1 is 0.826 bits per heavy atom. The normalized spacial score (nSPS) is 11.0. The molecule has 5 nitrogen and oxygen atoms in total. The second-order valence-corrected chi connectivity index (χ2v) is 4.88. The van der Waals surface area contributed by atoms with Crippen molar-refractivity contribution in [3.05, 3.63) is 70.8 Å². The van der Waals surface area contributed by atoms with E-state index >= 15 is 0 Å². The lowest BCUT2D eigenvalue weighted by atomic mass is 10.2. The predicted molar refractivity (Wildman–Crippen MR) is 81.2 cm³/mol. The number of benzene rings is 2. The average Bonchev–Trinajstić information content (AvgIpc) is 3.04. The number of fused-ring (bicyclic) bond motifs is 1. The molecule has 0 N–H and O–H groups in total. The van der Waals surface area contributed by atoms with Crippen LogP contribution in [0.1, 0.15) is 0 Å². The Balaban J connectivity index is 1.85. The van der Waals surface area contributed by atoms with Crippen molar-refractivity contribution >= 4 is 11.0 Å². The van der Waals surface area contributed by atoms with Gasteiger partial charge in [0, 0.05) is 5.39 Å². The molecule has 0 aliphatic rings. The lowest BCUT2D eigenvalue weighted by molar-refractivity contribution is 0.544. The highest BCUT2D eigenvalue weighted by Gasteiger charge is 2.17. The Kier molecular flexibility index (Phi) is 3.01. The van der Waals surface area contributed by atoms with Crippen LogP contribution in [0.15, 0.2) is 68.2 Å². The van der Waals surface area contributed by atoms with E-state index in [2.05, 4.69) is 10.2 Å². The standard InChI is InChI=1S/C17H9FN2O3/c18-13-7-3-2-6-11(13)15-19-20-16(23-15)12-9-10-5-1-4-8-14(10)22-17(12)21/h1-9H. The smallest absolute Gasteiger partial charge is 0.349 e. The Morgan fingerprint density at radius 2 is 1.52 bits per heavy atom. The van der Waals surface area contributed by atoms with E-state index in [1.807, 2.05) is 6.07 Å². The van der Waals surface area contributed by atoms with Crippen LogP contribution in [0.5, 0.6) is 0 Å². The summed E-state index contributed by atoms with van der Waals surface area (Å²) >= 11 is 0. The van der Waals surface area contributed by atoms with Crippen molar-refractivity contribution in [1.82, 2.24) is 10.2 Å². The quantitative estimate of drug-likeness (QED) is 0.529. The van der Waals surface area contributed by atoms with Gasteiger partial charge in [0.05, 0.1) is 5.56 Å². The number of aromatic nitrogens is 2. The van der Waals surface area contributed by atoms with Crippen LogP contribution in [-0.4, -0.2) is 10.2 Å². The monoisotopic (exact) mass is 308 g/mol. The number of rotatable bonds is 2. The molecule has 0 atom stereocenters. The first-order valence-corrected chi connectivity index (χ1v) is 6.84. The molecule has 0 aliphatic carbocycles. The van der Waals surface area contributed by atoms with Gasteiger partial charge >= 0.3 is 5.63 Å². The summed E-state index contributed by atoms with van der Waals surface area (Å²) < 4.78 is 24.4. The number of nitrogens with zero attached hydrogens (tertiary/aromatic N) is 2. The second-order valence-electron chi connectivity index (χ2n) is 4.88. The molecule has 23 heavy (non-hydrogen) atoms. The van der Waals surface area contributed by atoms with Crippen LogP contribution in [0.4, 0.5) is 4.39 Å². The van der Waals surface area contributed by atoms with Gasteiger partial charge in [-0.15, -0.1) is 10.2 Å². The third kappa shape index (κ3) is 2.30. The summed E-state index contributed by atoms with van der Waals surface area (Å²) in [6, 6.07) is 14.7. The van der Waals surface area contributed by atoms with E-state index in [9.17, 15) is 9.18 Å². The zero-order valence-electron chi connectivity index (χ0n) is 11.7. The zero-order valence-corrected chi connectivity index (χ0v) is 11.7. The Hall–Kier alpha value is -3.28. The van der Waals surface area contributed by atoms with Gasteiger partial charge < -0.3 is 8.83 Å². The Morgan fingerprint density at radius 3 is 2.35 bits per heavy atom. The van der Waals surface area contributed by atoms with Crippen molar-refractivity contribution in [3.63, 3.8) is 0 Å². The number of para-hydroxylation sites is 1. The number of hydrogen-bond acceptors (Lipinski definition) is 5. The average molecular weight is 308 g/mol. The van der Waals surface area contributed by atoms with Crippen LogP contribution < -0.4 is 5.63 Å². The van der Waals surface area contributed by atoms with Crippen LogP contribution >= 0.6 is 0 Å². The summed E-state index contributed by atoms with van der Waals surface area (Å²) in [6.07, 6.45) is 0. The first-order chi connectivity index (χ1) is 11.2. The van der Waals surface area contributed by atoms with Crippen LogP contribution in [0.3, 0.4) is 0 Å². The van der Waals surface area contributed by atoms with Crippen LogP contribution in [0.25, 0.3) is 33.9 Å². The largest absolute Gasteiger partial charge is 0.422 e. The fourth-order valence-electron chi connectivity index (χ4n) is 2.29. The van der Waals surface area contributed by atoms with Crippen molar-refractivity contribution in [3.8, 4) is 22.9 Å². The highest BCUT2D eigenvalue weighted by atomic mass is 19.1. The minimum Gasteiger partial charge on any atom is -0.422 e. The van der Waals surface area contributed by atoms with Crippen LogP contribution in [0.2, 0.25) is 0 Å². The molecule has 2 aromatic carbocycles. The van der Waals surface area contributed by atoms with Gasteiger partial charge in [0.2, 0.25) is 0 Å². The summed E-state index contributed by atoms with van der Waals surface area (Å²) in [6.45, 7) is 0. The van der Waals surface area contributed by atoms with E-state index in [4.69, 9.17) is 8.83 Å². The minimum atomic E-state index is -0.590. The molecule has 4 rings (SSSR count). The fraction of sp³-hybridized carbons (Fsp3) is 0. The lowest BCUT2D eigenvalue weighted by Crippen LogP contribution is -2.02. The molecule has 2 aromatic heterocycles. The minimum absolute atomic E-state index is 0.00524. The van der Waals surface area contributed by atoms with E-state index in [1.54, 1.807) is 36.4 Å². The van der Waals surface area contributed by atoms with Crippen LogP contribution in [0, 0.1) is 5.82 Å². The SMILES string of the molecule is O=c1oc2ccccc2cc1-c1nnc(-c2ccccc2F)o1. The van der Waals surface area contributed by atoms with Crippen molar-refractivity contribution in [2.75, 3.05) is 0 Å². The second kappa shape index (κ2) is 5.17. The molecule has 0 saturated carbocycles. The zero-order chi connectivity index (χ0) is 15.8. The molecule has 6 heteroatoms. The Labute approximate surface area is 129 Å². The number of hydrogen-bond donors (Lipinski definition) is 0. The maximum atomic E-state index is 13.8. The molecular weight excluding hydrogens is 299 g/mol. The first-order valence-electron chi connectivity index (χ1n) is 6.84. The fourth-order valence-corrected chi connectivity index (χ4v) is 2.29. The van der Waals surface area contributed by atoms with Gasteiger partial charge in [-0.3, -0.25) is 0 Å². The maximum absolute atomic E-state index is 13.8. The molecule has 0 aliphatic heterocycles. The first kappa shape index (κ1) is 13.4. The van der Waals surface area contributed by atoms with E-state index in [0.29, 0.717) is 5.58 Å². The molecular formula is C17H9FN2O3. The summed E-state index contributed by atoms with van der Waals surface area (Å²) in [5, 5.41) is 8.37. The van der Waals surface area contributed by atoms with Gasteiger partial charge in [-0.05, 0) is 24.3 Å². The van der Waals surface area contributed by atoms with Gasteiger partial charge in [0.15, 0.2) is 0 Å². The van der Waals surface area contributed by atoms with Gasteiger partial charge in [-0.25, -0.2) is 9.18 Å². The molecule has 0 saturated heterocycles. The molecule has 0 radical (unpaired) electrons. The molecule has 0 amide bonds. The van der Waals surface area contributed by atoms with Gasteiger partial charge in [0.25, 0.3) is 11.8 Å². The van der Waals surface area contributed by atoms with E-state index in [-0.39, 0.29) is 22.9 Å². The Bertz CT molecular complexity index is 1070. The summed E-state index contributed by atoms with van der Waals surface area (Å²) in [5.74, 6) is -0.485. The van der Waals surface area contributed by atoms with Crippen molar-refractivity contribution < 1.29 is 13.2 Å². The van der Waals surface area contributed by atoms with Crippen molar-refractivity contribution in [2.45, 2.75) is 0 Å². The van der Waals surface area contributed by atoms with Gasteiger partial charge in [-0.1, -0.05) is 30.3 Å². The van der Waals surface area contributed by atoms with Crippen molar-refractivity contribution in [1.29, 1.82) is 0 Å². The number of halogens is 1.